The van der Waals surface area contributed by atoms with Gasteiger partial charge < -0.3 is 4.57 Å². The first-order chi connectivity index (χ1) is 12.2. The van der Waals surface area contributed by atoms with E-state index in [2.05, 4.69) is 0 Å². The molecular weight excluding hydrogens is 361 g/mol. The minimum Gasteiger partial charge on any atom is -0.302 e. The first-order valence-corrected chi connectivity index (χ1v) is 9.75. The average Bonchev–Trinajstić information content (AvgIpc) is 3.12. The van der Waals surface area contributed by atoms with Gasteiger partial charge in [-0.2, -0.15) is 0 Å². The van der Waals surface area contributed by atoms with Crippen LogP contribution in [0.1, 0.15) is 25.7 Å². The number of benzene rings is 1. The number of aryl methyl sites for hydroxylation is 1. The minimum atomic E-state index is -4.35. The van der Waals surface area contributed by atoms with E-state index in [9.17, 15) is 22.4 Å². The summed E-state index contributed by atoms with van der Waals surface area (Å²) in [5, 5.41) is 0. The number of hydrogen-bond donors (Lipinski definition) is 0. The average molecular weight is 381 g/mol. The molecule has 0 radical (unpaired) electrons. The van der Waals surface area contributed by atoms with Crippen LogP contribution in [-0.2, 0) is 24.1 Å². The lowest BCUT2D eigenvalue weighted by molar-refractivity contribution is 0.558. The van der Waals surface area contributed by atoms with E-state index >= 15 is 0 Å². The Labute approximate surface area is 150 Å². The quantitative estimate of drug-likeness (QED) is 0.801. The van der Waals surface area contributed by atoms with Gasteiger partial charge >= 0.3 is 5.69 Å². The first-order valence-electron chi connectivity index (χ1n) is 8.31. The molecule has 7 nitrogen and oxygen atoms in total. The fourth-order valence-corrected chi connectivity index (χ4v) is 5.22. The van der Waals surface area contributed by atoms with Crippen molar-refractivity contribution in [1.82, 2.24) is 9.13 Å². The highest BCUT2D eigenvalue weighted by Gasteiger charge is 2.37. The Morgan fingerprint density at radius 2 is 1.73 bits per heavy atom. The second-order valence-corrected chi connectivity index (χ2v) is 8.22. The van der Waals surface area contributed by atoms with Gasteiger partial charge in [0.15, 0.2) is 4.90 Å². The van der Waals surface area contributed by atoms with E-state index < -0.39 is 38.0 Å². The van der Waals surface area contributed by atoms with Gasteiger partial charge in [-0.3, -0.25) is 13.7 Å². The van der Waals surface area contributed by atoms with Gasteiger partial charge in [0.25, 0.3) is 15.6 Å². The van der Waals surface area contributed by atoms with Gasteiger partial charge in [0.05, 0.1) is 5.69 Å². The Morgan fingerprint density at radius 3 is 2.35 bits per heavy atom. The highest BCUT2D eigenvalue weighted by molar-refractivity contribution is 7.92. The summed E-state index contributed by atoms with van der Waals surface area (Å²) in [6.45, 7) is 0. The maximum Gasteiger partial charge on any atom is 0.330 e. The number of halogens is 1. The summed E-state index contributed by atoms with van der Waals surface area (Å²) >= 11 is 0. The van der Waals surface area contributed by atoms with Gasteiger partial charge in [-0.15, -0.1) is 0 Å². The molecule has 1 saturated carbocycles. The van der Waals surface area contributed by atoms with E-state index in [4.69, 9.17) is 0 Å². The SMILES string of the molecule is Cn1cc(S(=O)(=O)N(c2ccccc2F)C2CCCC2)c(=O)n(C)c1=O. The largest absolute Gasteiger partial charge is 0.330 e. The van der Waals surface area contributed by atoms with Crippen LogP contribution in [0.5, 0.6) is 0 Å². The molecule has 3 rings (SSSR count). The van der Waals surface area contributed by atoms with Crippen LogP contribution >= 0.6 is 0 Å². The Bertz CT molecular complexity index is 1050. The summed E-state index contributed by atoms with van der Waals surface area (Å²) in [4.78, 5) is 23.8. The molecule has 0 saturated heterocycles. The van der Waals surface area contributed by atoms with Gasteiger partial charge in [-0.1, -0.05) is 25.0 Å². The molecule has 1 aliphatic carbocycles. The fraction of sp³-hybridized carbons (Fsp3) is 0.412. The molecule has 0 amide bonds. The smallest absolute Gasteiger partial charge is 0.302 e. The van der Waals surface area contributed by atoms with Crippen molar-refractivity contribution in [3.63, 3.8) is 0 Å². The van der Waals surface area contributed by atoms with Crippen LogP contribution in [0.2, 0.25) is 0 Å². The number of nitrogens with zero attached hydrogens (tertiary/aromatic N) is 3. The third-order valence-electron chi connectivity index (χ3n) is 4.70. The predicted octanol–water partition coefficient (Wildman–Crippen LogP) is 1.36. The Kier molecular flexibility index (Phi) is 4.74. The highest BCUT2D eigenvalue weighted by Crippen LogP contribution is 2.34. The van der Waals surface area contributed by atoms with Crippen molar-refractivity contribution in [2.24, 2.45) is 14.1 Å². The van der Waals surface area contributed by atoms with Gasteiger partial charge in [-0.05, 0) is 25.0 Å². The van der Waals surface area contributed by atoms with Crippen molar-refractivity contribution in [1.29, 1.82) is 0 Å². The summed E-state index contributed by atoms with van der Waals surface area (Å²) in [7, 11) is -1.77. The lowest BCUT2D eigenvalue weighted by atomic mass is 10.2. The normalized spacial score (nSPS) is 15.3. The highest BCUT2D eigenvalue weighted by atomic mass is 32.2. The molecule has 0 atom stereocenters. The topological polar surface area (TPSA) is 81.4 Å². The lowest BCUT2D eigenvalue weighted by Gasteiger charge is -2.30. The van der Waals surface area contributed by atoms with E-state index in [1.165, 1.54) is 32.3 Å². The van der Waals surface area contributed by atoms with Crippen LogP contribution in [0, 0.1) is 5.82 Å². The van der Waals surface area contributed by atoms with Crippen LogP contribution in [0.4, 0.5) is 10.1 Å². The van der Waals surface area contributed by atoms with Gasteiger partial charge in [-0.25, -0.2) is 17.6 Å². The van der Waals surface area contributed by atoms with E-state index in [0.717, 1.165) is 32.5 Å². The van der Waals surface area contributed by atoms with Crippen LogP contribution in [0.15, 0.2) is 44.9 Å². The van der Waals surface area contributed by atoms with Crippen molar-refractivity contribution < 1.29 is 12.8 Å². The molecule has 0 bridgehead atoms. The molecule has 0 aliphatic heterocycles. The molecule has 9 heteroatoms. The molecule has 26 heavy (non-hydrogen) atoms. The van der Waals surface area contributed by atoms with E-state index in [0.29, 0.717) is 12.8 Å². The van der Waals surface area contributed by atoms with Crippen LogP contribution < -0.4 is 15.6 Å². The summed E-state index contributed by atoms with van der Waals surface area (Å²) in [5.41, 5.74) is -1.64. The third-order valence-corrected chi connectivity index (χ3v) is 6.55. The molecule has 1 aromatic heterocycles. The lowest BCUT2D eigenvalue weighted by Crippen LogP contribution is -2.45. The van der Waals surface area contributed by atoms with E-state index in [-0.39, 0.29) is 5.69 Å². The zero-order valence-electron chi connectivity index (χ0n) is 14.6. The van der Waals surface area contributed by atoms with Gasteiger partial charge in [0.2, 0.25) is 0 Å². The maximum atomic E-state index is 14.4. The van der Waals surface area contributed by atoms with Crippen LogP contribution in [0.3, 0.4) is 0 Å². The second kappa shape index (κ2) is 6.71. The van der Waals surface area contributed by atoms with E-state index in [1.54, 1.807) is 6.07 Å². The second-order valence-electron chi connectivity index (χ2n) is 6.44. The maximum absolute atomic E-state index is 14.4. The van der Waals surface area contributed by atoms with Crippen molar-refractivity contribution in [3.05, 3.63) is 57.1 Å². The number of sulfonamides is 1. The van der Waals surface area contributed by atoms with Crippen LogP contribution in [0.25, 0.3) is 0 Å². The number of rotatable bonds is 4. The molecule has 0 spiro atoms. The summed E-state index contributed by atoms with van der Waals surface area (Å²) in [6.07, 6.45) is 3.83. The van der Waals surface area contributed by atoms with Crippen LogP contribution in [-0.4, -0.2) is 23.6 Å². The molecule has 140 valence electrons. The summed E-state index contributed by atoms with van der Waals surface area (Å²) < 4.78 is 43.9. The molecule has 0 unspecified atom stereocenters. The van der Waals surface area contributed by atoms with E-state index in [1.807, 2.05) is 0 Å². The molecule has 1 aromatic carbocycles. The number of hydrogen-bond acceptors (Lipinski definition) is 4. The van der Waals surface area contributed by atoms with Crippen molar-refractivity contribution in [2.75, 3.05) is 4.31 Å². The molecule has 0 N–H and O–H groups in total. The number of anilines is 1. The molecular formula is C17H20FN3O4S. The number of aromatic nitrogens is 2. The molecule has 1 aliphatic rings. The minimum absolute atomic E-state index is 0.0877. The van der Waals surface area contributed by atoms with Gasteiger partial charge in [0.1, 0.15) is 5.82 Å². The fourth-order valence-electron chi connectivity index (χ4n) is 3.35. The Balaban J connectivity index is 2.26. The van der Waals surface area contributed by atoms with Crippen molar-refractivity contribution in [2.45, 2.75) is 36.6 Å². The first kappa shape index (κ1) is 18.4. The molecule has 1 fully saturated rings. The summed E-state index contributed by atoms with van der Waals surface area (Å²) in [6, 6.07) is 5.17. The monoisotopic (exact) mass is 381 g/mol. The van der Waals surface area contributed by atoms with Gasteiger partial charge in [0, 0.05) is 26.3 Å². The predicted molar refractivity (Wildman–Crippen MR) is 95.2 cm³/mol. The zero-order valence-corrected chi connectivity index (χ0v) is 15.4. The summed E-state index contributed by atoms with van der Waals surface area (Å²) in [5.74, 6) is -0.676. The number of para-hydroxylation sites is 1. The third kappa shape index (κ3) is 2.96. The molecule has 1 heterocycles. The molecule has 2 aromatic rings. The Hall–Kier alpha value is -2.42. The Morgan fingerprint density at radius 1 is 1.12 bits per heavy atom. The van der Waals surface area contributed by atoms with Crippen molar-refractivity contribution >= 4 is 15.7 Å². The standard InChI is InChI=1S/C17H20FN3O4S/c1-19-11-15(16(22)20(2)17(19)23)26(24,25)21(12-7-3-4-8-12)14-10-6-5-9-13(14)18/h5-6,9-12H,3-4,7-8H2,1-2H3. The van der Waals surface area contributed by atoms with Crippen molar-refractivity contribution in [3.8, 4) is 0 Å². The zero-order chi connectivity index (χ0) is 19.1.